The lowest BCUT2D eigenvalue weighted by Gasteiger charge is -2.33. The van der Waals surface area contributed by atoms with Gasteiger partial charge in [0.05, 0.1) is 0 Å². The molecule has 1 aromatic carbocycles. The van der Waals surface area contributed by atoms with E-state index in [9.17, 15) is 4.57 Å². The molecule has 1 aromatic rings. The molecule has 0 amide bonds. The van der Waals surface area contributed by atoms with Gasteiger partial charge in [-0.1, -0.05) is 54.6 Å². The fraction of sp³-hybridized carbons (Fsp3) is 0.412. The normalized spacial score (nSPS) is 15.6. The minimum Gasteiger partial charge on any atom is -0.289 e. The molecule has 0 radical (unpaired) electrons. The zero-order valence-corrected chi connectivity index (χ0v) is 14.9. The summed E-state index contributed by atoms with van der Waals surface area (Å²) in [5.41, 5.74) is 1.14. The number of halogens is 1. The molecule has 0 heterocycles. The van der Waals surface area contributed by atoms with Crippen LogP contribution in [0.25, 0.3) is 6.08 Å². The summed E-state index contributed by atoms with van der Waals surface area (Å²) < 4.78 is 14.5. The summed E-state index contributed by atoms with van der Waals surface area (Å²) in [5, 5.41) is 0. The van der Waals surface area contributed by atoms with E-state index in [0.717, 1.165) is 5.56 Å². The van der Waals surface area contributed by atoms with Crippen molar-refractivity contribution in [2.45, 2.75) is 39.8 Å². The van der Waals surface area contributed by atoms with Crippen LogP contribution in [-0.2, 0) is 4.57 Å². The van der Waals surface area contributed by atoms with Crippen LogP contribution in [0.2, 0.25) is 0 Å². The number of hydrogen-bond donors (Lipinski definition) is 0. The van der Waals surface area contributed by atoms with Gasteiger partial charge in [0.25, 0.3) is 0 Å². The van der Waals surface area contributed by atoms with E-state index >= 15 is 0 Å². The van der Waals surface area contributed by atoms with E-state index in [2.05, 4.69) is 0 Å². The quantitative estimate of drug-likeness (QED) is 0.466. The van der Waals surface area contributed by atoms with Crippen LogP contribution in [0.15, 0.2) is 48.6 Å². The van der Waals surface area contributed by atoms with Gasteiger partial charge in [-0.2, -0.15) is 0 Å². The van der Waals surface area contributed by atoms with Crippen molar-refractivity contribution < 1.29 is 4.57 Å². The maximum absolute atomic E-state index is 12.6. The second kappa shape index (κ2) is 8.58. The van der Waals surface area contributed by atoms with Crippen molar-refractivity contribution in [3.05, 3.63) is 54.1 Å². The molecule has 0 saturated carbocycles. The van der Waals surface area contributed by atoms with Gasteiger partial charge in [0.2, 0.25) is 6.65 Å². The second-order valence-corrected chi connectivity index (χ2v) is 9.21. The lowest BCUT2D eigenvalue weighted by atomic mass is 10.2. The van der Waals surface area contributed by atoms with Crippen LogP contribution in [0.3, 0.4) is 0 Å². The molecule has 0 aliphatic heterocycles. The Morgan fingerprint density at radius 2 is 1.67 bits per heavy atom. The van der Waals surface area contributed by atoms with Gasteiger partial charge in [-0.25, -0.2) is 4.67 Å². The zero-order valence-electron chi connectivity index (χ0n) is 13.2. The average molecular weight is 326 g/mol. The van der Waals surface area contributed by atoms with Crippen molar-refractivity contribution in [3.63, 3.8) is 0 Å². The number of allylic oxidation sites excluding steroid dienone is 3. The third kappa shape index (κ3) is 6.22. The maximum Gasteiger partial charge on any atom is 0.238 e. The number of benzene rings is 1. The first-order chi connectivity index (χ1) is 9.84. The lowest BCUT2D eigenvalue weighted by Crippen LogP contribution is -2.33. The molecule has 0 aliphatic carbocycles. The fourth-order valence-corrected chi connectivity index (χ4v) is 5.62. The first kappa shape index (κ1) is 18.2. The molecule has 0 saturated heterocycles. The highest BCUT2D eigenvalue weighted by atomic mass is 35.7. The predicted octanol–water partition coefficient (Wildman–Crippen LogP) is 5.81. The Morgan fingerprint density at radius 1 is 1.10 bits per heavy atom. The van der Waals surface area contributed by atoms with E-state index in [1.165, 1.54) is 0 Å². The molecule has 0 N–H and O–H groups in total. The summed E-state index contributed by atoms with van der Waals surface area (Å²) in [6, 6.07) is 10.4. The predicted molar refractivity (Wildman–Crippen MR) is 95.1 cm³/mol. The van der Waals surface area contributed by atoms with Crippen LogP contribution in [0.1, 0.15) is 33.3 Å². The van der Waals surface area contributed by atoms with Crippen molar-refractivity contribution >= 4 is 24.0 Å². The van der Waals surface area contributed by atoms with Crippen molar-refractivity contribution in [3.8, 4) is 0 Å². The van der Waals surface area contributed by atoms with E-state index in [0.29, 0.717) is 6.16 Å². The van der Waals surface area contributed by atoms with Crippen molar-refractivity contribution in [1.82, 2.24) is 4.67 Å². The molecule has 116 valence electrons. The fourth-order valence-electron chi connectivity index (χ4n) is 2.38. The molecule has 4 heteroatoms. The largest absolute Gasteiger partial charge is 0.289 e. The highest BCUT2D eigenvalue weighted by Crippen LogP contribution is 2.56. The van der Waals surface area contributed by atoms with Crippen LogP contribution in [0.5, 0.6) is 0 Å². The lowest BCUT2D eigenvalue weighted by molar-refractivity contribution is 0.307. The smallest absolute Gasteiger partial charge is 0.238 e. The van der Waals surface area contributed by atoms with Gasteiger partial charge in [0.15, 0.2) is 0 Å². The Morgan fingerprint density at radius 3 is 2.19 bits per heavy atom. The zero-order chi connectivity index (χ0) is 15.9. The van der Waals surface area contributed by atoms with Gasteiger partial charge in [0.1, 0.15) is 0 Å². The van der Waals surface area contributed by atoms with Gasteiger partial charge in [-0.15, -0.1) is 0 Å². The van der Waals surface area contributed by atoms with Crippen LogP contribution in [-0.4, -0.2) is 22.9 Å². The Hall–Kier alpha value is -0.820. The highest BCUT2D eigenvalue weighted by molar-refractivity contribution is 7.87. The van der Waals surface area contributed by atoms with Gasteiger partial charge >= 0.3 is 0 Å². The van der Waals surface area contributed by atoms with Crippen LogP contribution < -0.4 is 0 Å². The maximum atomic E-state index is 12.6. The first-order valence-corrected chi connectivity index (χ1v) is 10.1. The van der Waals surface area contributed by atoms with E-state index in [4.69, 9.17) is 11.2 Å². The SMILES string of the molecule is CC(C)N(C(C)C)P(=O)(Cl)C/C=C/C=C/c1ccccc1. The Kier molecular flexibility index (Phi) is 7.45. The molecular weight excluding hydrogens is 301 g/mol. The molecular formula is C17H25ClNOP. The van der Waals surface area contributed by atoms with Crippen molar-refractivity contribution in [2.24, 2.45) is 0 Å². The minimum atomic E-state index is -2.84. The van der Waals surface area contributed by atoms with E-state index < -0.39 is 6.65 Å². The first-order valence-electron chi connectivity index (χ1n) is 7.30. The number of nitrogens with zero attached hydrogens (tertiary/aromatic N) is 1. The summed E-state index contributed by atoms with van der Waals surface area (Å²) in [5.74, 6) is 0. The van der Waals surface area contributed by atoms with Crippen molar-refractivity contribution in [1.29, 1.82) is 0 Å². The Balaban J connectivity index is 2.62. The summed E-state index contributed by atoms with van der Waals surface area (Å²) >= 11 is 6.29. The van der Waals surface area contributed by atoms with Crippen molar-refractivity contribution in [2.75, 3.05) is 6.16 Å². The molecule has 0 aromatic heterocycles. The standard InChI is InChI=1S/C17H25ClNOP/c1-15(2)19(16(3)4)21(18,20)14-10-6-9-13-17-11-7-5-8-12-17/h5-13,15-16H,14H2,1-4H3/b10-6+,13-9+. The minimum absolute atomic E-state index is 0.168. The molecule has 2 nitrogen and oxygen atoms in total. The summed E-state index contributed by atoms with van der Waals surface area (Å²) in [6.07, 6.45) is 8.12. The van der Waals surface area contributed by atoms with Crippen LogP contribution >= 0.6 is 17.9 Å². The monoisotopic (exact) mass is 325 g/mol. The van der Waals surface area contributed by atoms with E-state index in [1.54, 1.807) is 0 Å². The van der Waals surface area contributed by atoms with Crippen LogP contribution in [0, 0.1) is 0 Å². The van der Waals surface area contributed by atoms with Gasteiger partial charge in [0, 0.05) is 18.2 Å². The molecule has 21 heavy (non-hydrogen) atoms. The van der Waals surface area contributed by atoms with Crippen LogP contribution in [0.4, 0.5) is 0 Å². The Bertz CT molecular complexity index is 515. The van der Waals surface area contributed by atoms with Gasteiger partial charge in [-0.05, 0) is 44.5 Å². The summed E-state index contributed by atoms with van der Waals surface area (Å²) in [7, 11) is 0. The Labute approximate surface area is 133 Å². The molecule has 0 bridgehead atoms. The molecule has 1 rings (SSSR count). The van der Waals surface area contributed by atoms with Gasteiger partial charge < -0.3 is 0 Å². The molecule has 0 fully saturated rings. The van der Waals surface area contributed by atoms with E-state index in [1.807, 2.05) is 87.0 Å². The average Bonchev–Trinajstić information content (AvgIpc) is 2.37. The second-order valence-electron chi connectivity index (χ2n) is 5.56. The summed E-state index contributed by atoms with van der Waals surface area (Å²) in [6.45, 7) is 5.25. The highest BCUT2D eigenvalue weighted by Gasteiger charge is 2.31. The molecule has 0 aliphatic rings. The van der Waals surface area contributed by atoms with E-state index in [-0.39, 0.29) is 12.1 Å². The third-order valence-electron chi connectivity index (χ3n) is 3.07. The third-order valence-corrected chi connectivity index (χ3v) is 6.28. The molecule has 0 spiro atoms. The number of hydrogen-bond acceptors (Lipinski definition) is 1. The molecule has 1 atom stereocenters. The number of rotatable bonds is 7. The summed E-state index contributed by atoms with van der Waals surface area (Å²) in [4.78, 5) is 0. The molecule has 1 unspecified atom stereocenters. The topological polar surface area (TPSA) is 20.3 Å². The van der Waals surface area contributed by atoms with Gasteiger partial charge in [-0.3, -0.25) is 4.57 Å².